The Balaban J connectivity index is 2.39. The maximum Gasteiger partial charge on any atom is 0.251 e. The molecule has 0 saturated heterocycles. The van der Waals surface area contributed by atoms with E-state index in [0.717, 1.165) is 11.3 Å². The average molecular weight is 363 g/mol. The molecule has 0 aliphatic rings. The summed E-state index contributed by atoms with van der Waals surface area (Å²) in [5.41, 5.74) is 1.64. The predicted molar refractivity (Wildman–Crippen MR) is 100 cm³/mol. The van der Waals surface area contributed by atoms with Crippen LogP contribution in [0.25, 0.3) is 0 Å². The zero-order chi connectivity index (χ0) is 18.4. The maximum atomic E-state index is 12.2. The molecule has 0 saturated carbocycles. The van der Waals surface area contributed by atoms with Gasteiger partial charge in [-0.25, -0.2) is 0 Å². The summed E-state index contributed by atoms with van der Waals surface area (Å²) in [5, 5.41) is 14.0. The van der Waals surface area contributed by atoms with Crippen LogP contribution in [0.5, 0.6) is 5.75 Å². The highest BCUT2D eigenvalue weighted by atomic mass is 35.5. The highest BCUT2D eigenvalue weighted by Crippen LogP contribution is 2.30. The summed E-state index contributed by atoms with van der Waals surface area (Å²) in [6, 6.07) is 14.0. The molecule has 2 rings (SSSR count). The zero-order valence-corrected chi connectivity index (χ0v) is 15.3. The van der Waals surface area contributed by atoms with Crippen LogP contribution in [-0.4, -0.2) is 37.8 Å². The first kappa shape index (κ1) is 19.1. The largest absolute Gasteiger partial charge is 0.497 e. The molecule has 5 nitrogen and oxygen atoms in total. The number of amides is 1. The topological polar surface area (TPSA) is 61.8 Å². The van der Waals surface area contributed by atoms with Crippen LogP contribution in [0.4, 0.5) is 5.69 Å². The number of methoxy groups -OCH3 is 1. The van der Waals surface area contributed by atoms with E-state index >= 15 is 0 Å². The van der Waals surface area contributed by atoms with Gasteiger partial charge in [0.05, 0.1) is 13.2 Å². The van der Waals surface area contributed by atoms with Crippen molar-refractivity contribution < 1.29 is 14.6 Å². The molecule has 0 bridgehead atoms. The summed E-state index contributed by atoms with van der Waals surface area (Å²) in [6.07, 6.45) is -1.23. The Morgan fingerprint density at radius 3 is 2.32 bits per heavy atom. The molecule has 6 heteroatoms. The SMILES string of the molecule is CCNC(=O)C(O)C(c1ccc(OC)cc1)N(C)c1ccc(Cl)cc1. The predicted octanol–water partition coefficient (Wildman–Crippen LogP) is 3.02. The number of hydrogen-bond donors (Lipinski definition) is 2. The van der Waals surface area contributed by atoms with Crippen LogP contribution >= 0.6 is 11.6 Å². The Morgan fingerprint density at radius 2 is 1.80 bits per heavy atom. The number of ether oxygens (including phenoxy) is 1. The van der Waals surface area contributed by atoms with Gasteiger partial charge in [0.25, 0.3) is 5.91 Å². The molecule has 134 valence electrons. The number of hydrogen-bond acceptors (Lipinski definition) is 4. The molecule has 0 aliphatic heterocycles. The van der Waals surface area contributed by atoms with E-state index in [9.17, 15) is 9.90 Å². The van der Waals surface area contributed by atoms with Gasteiger partial charge in [0.1, 0.15) is 5.75 Å². The van der Waals surface area contributed by atoms with Crippen molar-refractivity contribution in [2.24, 2.45) is 0 Å². The first-order valence-electron chi connectivity index (χ1n) is 8.06. The van der Waals surface area contributed by atoms with Crippen LogP contribution in [-0.2, 0) is 4.79 Å². The molecule has 2 aromatic carbocycles. The molecule has 0 radical (unpaired) electrons. The lowest BCUT2D eigenvalue weighted by atomic mass is 9.98. The van der Waals surface area contributed by atoms with E-state index < -0.39 is 18.1 Å². The lowest BCUT2D eigenvalue weighted by Gasteiger charge is -2.33. The minimum absolute atomic E-state index is 0.413. The van der Waals surface area contributed by atoms with Crippen molar-refractivity contribution in [1.82, 2.24) is 5.32 Å². The summed E-state index contributed by atoms with van der Waals surface area (Å²) in [5.74, 6) is 0.299. The number of anilines is 1. The molecule has 0 fully saturated rings. The Morgan fingerprint density at radius 1 is 1.20 bits per heavy atom. The van der Waals surface area contributed by atoms with Crippen LogP contribution < -0.4 is 15.0 Å². The molecular weight excluding hydrogens is 340 g/mol. The van der Waals surface area contributed by atoms with Crippen molar-refractivity contribution in [2.75, 3.05) is 25.6 Å². The number of halogens is 1. The van der Waals surface area contributed by atoms with Crippen LogP contribution in [0.3, 0.4) is 0 Å². The van der Waals surface area contributed by atoms with E-state index in [1.54, 1.807) is 19.2 Å². The second-order valence-electron chi connectivity index (χ2n) is 5.64. The molecule has 2 N–H and O–H groups in total. The third-order valence-corrected chi connectivity index (χ3v) is 4.28. The van der Waals surface area contributed by atoms with Crippen molar-refractivity contribution in [3.05, 3.63) is 59.1 Å². The Kier molecular flexibility index (Phi) is 6.67. The minimum atomic E-state index is -1.23. The van der Waals surface area contributed by atoms with E-state index in [2.05, 4.69) is 5.32 Å². The zero-order valence-electron chi connectivity index (χ0n) is 14.6. The van der Waals surface area contributed by atoms with E-state index in [1.165, 1.54) is 0 Å². The highest BCUT2D eigenvalue weighted by molar-refractivity contribution is 6.30. The van der Waals surface area contributed by atoms with Gasteiger partial charge >= 0.3 is 0 Å². The monoisotopic (exact) mass is 362 g/mol. The van der Waals surface area contributed by atoms with Gasteiger partial charge in [-0.05, 0) is 48.9 Å². The van der Waals surface area contributed by atoms with Gasteiger partial charge in [-0.3, -0.25) is 4.79 Å². The van der Waals surface area contributed by atoms with Gasteiger partial charge in [0.2, 0.25) is 0 Å². The average Bonchev–Trinajstić information content (AvgIpc) is 2.63. The number of aliphatic hydroxyl groups is 1. The van der Waals surface area contributed by atoms with E-state index in [4.69, 9.17) is 16.3 Å². The smallest absolute Gasteiger partial charge is 0.251 e. The standard InChI is InChI=1S/C19H23ClN2O3/c1-4-21-19(24)18(23)17(13-5-11-16(25-3)12-6-13)22(2)15-9-7-14(20)8-10-15/h5-12,17-18,23H,4H2,1-3H3,(H,21,24). The van der Waals surface area contributed by atoms with Crippen molar-refractivity contribution in [3.63, 3.8) is 0 Å². The molecule has 2 atom stereocenters. The number of carbonyl (C=O) groups excluding carboxylic acids is 1. The van der Waals surface area contributed by atoms with Gasteiger partial charge in [-0.1, -0.05) is 23.7 Å². The molecule has 0 aliphatic carbocycles. The van der Waals surface area contributed by atoms with Crippen molar-refractivity contribution >= 4 is 23.2 Å². The van der Waals surface area contributed by atoms with Gasteiger partial charge in [-0.2, -0.15) is 0 Å². The molecule has 1 amide bonds. The fraction of sp³-hybridized carbons (Fsp3) is 0.316. The quantitative estimate of drug-likeness (QED) is 0.794. The number of carbonyl (C=O) groups is 1. The molecule has 2 aromatic rings. The molecule has 2 unspecified atom stereocenters. The Labute approximate surface area is 153 Å². The molecule has 0 spiro atoms. The van der Waals surface area contributed by atoms with Crippen LogP contribution in [0.1, 0.15) is 18.5 Å². The van der Waals surface area contributed by atoms with E-state index in [1.807, 2.05) is 55.3 Å². The first-order chi connectivity index (χ1) is 12.0. The summed E-state index contributed by atoms with van der Waals surface area (Å²) in [4.78, 5) is 14.1. The normalized spacial score (nSPS) is 13.0. The van der Waals surface area contributed by atoms with E-state index in [-0.39, 0.29) is 0 Å². The third kappa shape index (κ3) is 4.65. The van der Waals surface area contributed by atoms with E-state index in [0.29, 0.717) is 17.3 Å². The molecular formula is C19H23ClN2O3. The fourth-order valence-electron chi connectivity index (χ4n) is 2.68. The van der Waals surface area contributed by atoms with Gasteiger partial charge < -0.3 is 20.1 Å². The van der Waals surface area contributed by atoms with Gasteiger partial charge in [-0.15, -0.1) is 0 Å². The molecule has 0 aromatic heterocycles. The summed E-state index contributed by atoms with van der Waals surface area (Å²) >= 11 is 5.95. The molecule has 0 heterocycles. The van der Waals surface area contributed by atoms with Crippen LogP contribution in [0, 0.1) is 0 Å². The van der Waals surface area contributed by atoms with Crippen molar-refractivity contribution in [3.8, 4) is 5.75 Å². The third-order valence-electron chi connectivity index (χ3n) is 4.03. The second-order valence-corrected chi connectivity index (χ2v) is 6.08. The number of aliphatic hydroxyl groups excluding tert-OH is 1. The van der Waals surface area contributed by atoms with Crippen LogP contribution in [0.2, 0.25) is 5.02 Å². The minimum Gasteiger partial charge on any atom is -0.497 e. The maximum absolute atomic E-state index is 12.2. The van der Waals surface area contributed by atoms with Crippen molar-refractivity contribution in [2.45, 2.75) is 19.1 Å². The lowest BCUT2D eigenvalue weighted by Crippen LogP contribution is -2.44. The second kappa shape index (κ2) is 8.74. The highest BCUT2D eigenvalue weighted by Gasteiger charge is 2.31. The number of nitrogens with one attached hydrogen (secondary N) is 1. The number of nitrogens with zero attached hydrogens (tertiary/aromatic N) is 1. The van der Waals surface area contributed by atoms with Gasteiger partial charge in [0.15, 0.2) is 6.10 Å². The molecule has 25 heavy (non-hydrogen) atoms. The first-order valence-corrected chi connectivity index (χ1v) is 8.43. The number of benzene rings is 2. The van der Waals surface area contributed by atoms with Crippen LogP contribution in [0.15, 0.2) is 48.5 Å². The van der Waals surface area contributed by atoms with Crippen molar-refractivity contribution in [1.29, 1.82) is 0 Å². The summed E-state index contributed by atoms with van der Waals surface area (Å²) < 4.78 is 5.18. The number of rotatable bonds is 7. The van der Waals surface area contributed by atoms with Gasteiger partial charge in [0, 0.05) is 24.3 Å². The lowest BCUT2D eigenvalue weighted by molar-refractivity contribution is -0.130. The summed E-state index contributed by atoms with van der Waals surface area (Å²) in [6.45, 7) is 2.27. The Hall–Kier alpha value is -2.24. The Bertz CT molecular complexity index is 689. The number of likely N-dealkylation sites (N-methyl/N-ethyl adjacent to an activating group) is 2. The fourth-order valence-corrected chi connectivity index (χ4v) is 2.80. The summed E-state index contributed by atoms with van der Waals surface area (Å²) in [7, 11) is 3.43.